The molecule has 19 heavy (non-hydrogen) atoms. The molecular weight excluding hydrogens is 255 g/mol. The molecule has 2 rings (SSSR count). The molecule has 0 saturated carbocycles. The molecule has 0 N–H and O–H groups in total. The van der Waals surface area contributed by atoms with Crippen molar-refractivity contribution in [2.24, 2.45) is 0 Å². The number of halogens is 3. The van der Waals surface area contributed by atoms with Crippen LogP contribution in [0.3, 0.4) is 0 Å². The van der Waals surface area contributed by atoms with E-state index < -0.39 is 24.8 Å². The van der Waals surface area contributed by atoms with Gasteiger partial charge < -0.3 is 0 Å². The number of hydrogen-bond donors (Lipinski definition) is 0. The summed E-state index contributed by atoms with van der Waals surface area (Å²) in [6.07, 6.45) is -4.24. The maximum Gasteiger partial charge on any atom is 0.389 e. The van der Waals surface area contributed by atoms with E-state index in [0.29, 0.717) is 0 Å². The lowest BCUT2D eigenvalue weighted by Crippen LogP contribution is -2.12. The summed E-state index contributed by atoms with van der Waals surface area (Å²) in [6, 6.07) is 8.93. The van der Waals surface area contributed by atoms with Crippen LogP contribution in [0.15, 0.2) is 36.5 Å². The molecule has 0 amide bonds. The number of ketones is 1. The highest BCUT2D eigenvalue weighted by atomic mass is 19.4. The van der Waals surface area contributed by atoms with Crippen molar-refractivity contribution in [1.29, 1.82) is 0 Å². The van der Waals surface area contributed by atoms with Gasteiger partial charge in [0.1, 0.15) is 5.78 Å². The molecule has 1 aromatic heterocycles. The average molecular weight is 267 g/mol. The second kappa shape index (κ2) is 5.38. The fraction of sp³-hybridized carbons (Fsp3) is 0.286. The standard InChI is InChI=1S/C14H12F3NO/c15-14(16,17)7-5-11(19)9-10-6-8-18-13-4-2-1-3-12(10)13/h1-4,6,8H,5,7,9H2. The molecule has 0 spiro atoms. The Hall–Kier alpha value is -1.91. The van der Waals surface area contributed by atoms with Gasteiger partial charge in [0, 0.05) is 24.4 Å². The third-order valence-corrected chi connectivity index (χ3v) is 2.81. The van der Waals surface area contributed by atoms with E-state index in [1.54, 1.807) is 18.3 Å². The summed E-state index contributed by atoms with van der Waals surface area (Å²) in [7, 11) is 0. The predicted octanol–water partition coefficient (Wildman–Crippen LogP) is 3.69. The normalized spacial score (nSPS) is 11.7. The van der Waals surface area contributed by atoms with Crippen molar-refractivity contribution in [3.8, 4) is 0 Å². The minimum Gasteiger partial charge on any atom is -0.299 e. The lowest BCUT2D eigenvalue weighted by atomic mass is 10.0. The molecule has 100 valence electrons. The molecule has 0 bridgehead atoms. The van der Waals surface area contributed by atoms with E-state index in [-0.39, 0.29) is 6.42 Å². The fourth-order valence-corrected chi connectivity index (χ4v) is 1.89. The lowest BCUT2D eigenvalue weighted by molar-refractivity contribution is -0.143. The number of rotatable bonds is 4. The van der Waals surface area contributed by atoms with Crippen LogP contribution in [0.25, 0.3) is 10.9 Å². The number of hydrogen-bond acceptors (Lipinski definition) is 2. The number of carbonyl (C=O) groups is 1. The Labute approximate surface area is 108 Å². The number of benzene rings is 1. The average Bonchev–Trinajstić information content (AvgIpc) is 2.36. The smallest absolute Gasteiger partial charge is 0.299 e. The Morgan fingerprint density at radius 1 is 1.16 bits per heavy atom. The van der Waals surface area contributed by atoms with Crippen LogP contribution in [0.4, 0.5) is 13.2 Å². The molecule has 0 aliphatic carbocycles. The first-order chi connectivity index (χ1) is 8.96. The largest absolute Gasteiger partial charge is 0.389 e. The SMILES string of the molecule is O=C(CCC(F)(F)F)Cc1ccnc2ccccc12. The third kappa shape index (κ3) is 3.77. The number of para-hydroxylation sites is 1. The molecule has 5 heteroatoms. The summed E-state index contributed by atoms with van der Waals surface area (Å²) in [6.45, 7) is 0. The van der Waals surface area contributed by atoms with Gasteiger partial charge in [-0.2, -0.15) is 13.2 Å². The van der Waals surface area contributed by atoms with Crippen LogP contribution in [-0.4, -0.2) is 16.9 Å². The van der Waals surface area contributed by atoms with Crippen LogP contribution in [-0.2, 0) is 11.2 Å². The van der Waals surface area contributed by atoms with E-state index in [2.05, 4.69) is 4.98 Å². The van der Waals surface area contributed by atoms with Crippen molar-refractivity contribution in [3.63, 3.8) is 0 Å². The highest BCUT2D eigenvalue weighted by Crippen LogP contribution is 2.23. The molecule has 1 aromatic carbocycles. The summed E-state index contributed by atoms with van der Waals surface area (Å²) in [5.74, 6) is -0.409. The number of nitrogens with zero attached hydrogens (tertiary/aromatic N) is 1. The molecule has 0 atom stereocenters. The predicted molar refractivity (Wildman–Crippen MR) is 65.7 cm³/mol. The van der Waals surface area contributed by atoms with Gasteiger partial charge in [0.2, 0.25) is 0 Å². The second-order valence-electron chi connectivity index (χ2n) is 4.32. The summed E-state index contributed by atoms with van der Waals surface area (Å²) in [5.41, 5.74) is 1.46. The topological polar surface area (TPSA) is 30.0 Å². The van der Waals surface area contributed by atoms with Gasteiger partial charge in [-0.05, 0) is 17.7 Å². The molecule has 0 fully saturated rings. The number of fused-ring (bicyclic) bond motifs is 1. The van der Waals surface area contributed by atoms with Gasteiger partial charge >= 0.3 is 6.18 Å². The van der Waals surface area contributed by atoms with E-state index in [9.17, 15) is 18.0 Å². The highest BCUT2D eigenvalue weighted by molar-refractivity contribution is 5.88. The molecular formula is C14H12F3NO. The summed E-state index contributed by atoms with van der Waals surface area (Å²) < 4.78 is 36.1. The molecule has 0 aliphatic heterocycles. The zero-order valence-corrected chi connectivity index (χ0v) is 10.1. The van der Waals surface area contributed by atoms with E-state index in [4.69, 9.17) is 0 Å². The van der Waals surface area contributed by atoms with Gasteiger partial charge in [-0.25, -0.2) is 0 Å². The van der Waals surface area contributed by atoms with Crippen LogP contribution < -0.4 is 0 Å². The van der Waals surface area contributed by atoms with Gasteiger partial charge in [-0.3, -0.25) is 9.78 Å². The van der Waals surface area contributed by atoms with Gasteiger partial charge in [-0.1, -0.05) is 18.2 Å². The number of aromatic nitrogens is 1. The third-order valence-electron chi connectivity index (χ3n) is 2.81. The Balaban J connectivity index is 2.11. The van der Waals surface area contributed by atoms with Crippen molar-refractivity contribution in [2.75, 3.05) is 0 Å². The second-order valence-corrected chi connectivity index (χ2v) is 4.32. The van der Waals surface area contributed by atoms with Crippen LogP contribution in [0, 0.1) is 0 Å². The van der Waals surface area contributed by atoms with Crippen molar-refractivity contribution in [3.05, 3.63) is 42.1 Å². The van der Waals surface area contributed by atoms with Crippen molar-refractivity contribution >= 4 is 16.7 Å². The lowest BCUT2D eigenvalue weighted by Gasteiger charge is -2.07. The Morgan fingerprint density at radius 2 is 1.89 bits per heavy atom. The monoisotopic (exact) mass is 267 g/mol. The highest BCUT2D eigenvalue weighted by Gasteiger charge is 2.27. The Morgan fingerprint density at radius 3 is 2.63 bits per heavy atom. The molecule has 0 aliphatic rings. The molecule has 0 unspecified atom stereocenters. The Kier molecular flexibility index (Phi) is 3.83. The van der Waals surface area contributed by atoms with Gasteiger partial charge in [-0.15, -0.1) is 0 Å². The minimum atomic E-state index is -4.28. The zero-order chi connectivity index (χ0) is 13.9. The number of alkyl halides is 3. The van der Waals surface area contributed by atoms with Gasteiger partial charge in [0.15, 0.2) is 0 Å². The number of carbonyl (C=O) groups excluding carboxylic acids is 1. The Bertz CT molecular complexity index is 587. The first-order valence-corrected chi connectivity index (χ1v) is 5.87. The van der Waals surface area contributed by atoms with Gasteiger partial charge in [0.05, 0.1) is 11.9 Å². The van der Waals surface area contributed by atoms with Crippen molar-refractivity contribution in [2.45, 2.75) is 25.4 Å². The fourth-order valence-electron chi connectivity index (χ4n) is 1.89. The summed E-state index contributed by atoms with van der Waals surface area (Å²) >= 11 is 0. The summed E-state index contributed by atoms with van der Waals surface area (Å²) in [4.78, 5) is 15.7. The molecule has 2 nitrogen and oxygen atoms in total. The maximum absolute atomic E-state index is 12.0. The van der Waals surface area contributed by atoms with Crippen molar-refractivity contribution < 1.29 is 18.0 Å². The quantitative estimate of drug-likeness (QED) is 0.845. The summed E-state index contributed by atoms with van der Waals surface area (Å²) in [5, 5.41) is 0.811. The van der Waals surface area contributed by atoms with E-state index in [0.717, 1.165) is 16.5 Å². The molecule has 0 radical (unpaired) electrons. The minimum absolute atomic E-state index is 0.0130. The van der Waals surface area contributed by atoms with E-state index in [1.165, 1.54) is 0 Å². The molecule has 2 aromatic rings. The molecule has 0 saturated heterocycles. The van der Waals surface area contributed by atoms with Crippen LogP contribution in [0.5, 0.6) is 0 Å². The van der Waals surface area contributed by atoms with Crippen LogP contribution >= 0.6 is 0 Å². The van der Waals surface area contributed by atoms with E-state index >= 15 is 0 Å². The van der Waals surface area contributed by atoms with Gasteiger partial charge in [0.25, 0.3) is 0 Å². The molecule has 1 heterocycles. The maximum atomic E-state index is 12.0. The van der Waals surface area contributed by atoms with E-state index in [1.807, 2.05) is 18.2 Å². The zero-order valence-electron chi connectivity index (χ0n) is 10.1. The first-order valence-electron chi connectivity index (χ1n) is 5.87. The number of pyridine rings is 1. The first kappa shape index (κ1) is 13.5. The van der Waals surface area contributed by atoms with Crippen LogP contribution in [0.1, 0.15) is 18.4 Å². The van der Waals surface area contributed by atoms with Crippen molar-refractivity contribution in [1.82, 2.24) is 4.98 Å². The number of Topliss-reactive ketones (excluding diaryl/α,β-unsaturated/α-hetero) is 1. The van der Waals surface area contributed by atoms with Crippen LogP contribution in [0.2, 0.25) is 0 Å².